The molecule has 0 aliphatic carbocycles. The van der Waals surface area contributed by atoms with Crippen LogP contribution in [-0.4, -0.2) is 22.2 Å². The summed E-state index contributed by atoms with van der Waals surface area (Å²) in [6, 6.07) is 10.9. The highest BCUT2D eigenvalue weighted by Gasteiger charge is 2.16. The zero-order valence-electron chi connectivity index (χ0n) is 17.5. The van der Waals surface area contributed by atoms with Crippen LogP contribution in [0, 0.1) is 12.7 Å². The number of benzene rings is 1. The van der Waals surface area contributed by atoms with Crippen molar-refractivity contribution in [2.24, 2.45) is 0 Å². The van der Waals surface area contributed by atoms with E-state index in [1.165, 1.54) is 17.7 Å². The summed E-state index contributed by atoms with van der Waals surface area (Å²) in [6.07, 6.45) is 4.98. The van der Waals surface area contributed by atoms with Crippen LogP contribution >= 0.6 is 0 Å². The predicted molar refractivity (Wildman–Crippen MR) is 114 cm³/mol. The van der Waals surface area contributed by atoms with Crippen LogP contribution < -0.4 is 0 Å². The van der Waals surface area contributed by atoms with Crippen molar-refractivity contribution in [2.45, 2.75) is 59.3 Å². The molecule has 2 heterocycles. The molecule has 0 atom stereocenters. The summed E-state index contributed by atoms with van der Waals surface area (Å²) in [7, 11) is 0. The third-order valence-electron chi connectivity index (χ3n) is 5.29. The number of aromatic nitrogens is 2. The first-order valence-corrected chi connectivity index (χ1v) is 10.5. The van der Waals surface area contributed by atoms with Gasteiger partial charge in [0.25, 0.3) is 0 Å². The first kappa shape index (κ1) is 21.0. The van der Waals surface area contributed by atoms with Gasteiger partial charge in [0.2, 0.25) is 0 Å². The number of unbranched alkanes of at least 4 members (excludes halogenated alkanes) is 2. The Morgan fingerprint density at radius 3 is 2.52 bits per heavy atom. The molecule has 4 nitrogen and oxygen atoms in total. The topological polar surface area (TPSA) is 43.6 Å². The summed E-state index contributed by atoms with van der Waals surface area (Å²) in [5.41, 5.74) is 6.54. The zero-order chi connectivity index (χ0) is 20.8. The van der Waals surface area contributed by atoms with E-state index in [1.54, 1.807) is 0 Å². The van der Waals surface area contributed by atoms with Crippen LogP contribution in [0.1, 0.15) is 56.5 Å². The number of rotatable bonds is 9. The molecule has 0 radical (unpaired) electrons. The molecule has 0 aliphatic rings. The van der Waals surface area contributed by atoms with Crippen molar-refractivity contribution in [3.05, 3.63) is 59.2 Å². The Kier molecular flexibility index (Phi) is 7.02. The van der Waals surface area contributed by atoms with Crippen LogP contribution in [-0.2, 0) is 22.4 Å². The Hall–Kier alpha value is -2.69. The number of nitrogens with zero attached hydrogens (tertiary/aromatic N) is 2. The van der Waals surface area contributed by atoms with Gasteiger partial charge in [-0.05, 0) is 74.9 Å². The fourth-order valence-corrected chi connectivity index (χ4v) is 3.82. The van der Waals surface area contributed by atoms with Gasteiger partial charge >= 0.3 is 5.97 Å². The van der Waals surface area contributed by atoms with E-state index in [4.69, 9.17) is 9.84 Å². The zero-order valence-corrected chi connectivity index (χ0v) is 17.5. The van der Waals surface area contributed by atoms with E-state index >= 15 is 0 Å². The van der Waals surface area contributed by atoms with E-state index in [2.05, 4.69) is 19.1 Å². The number of hydrogen-bond acceptors (Lipinski definition) is 3. The van der Waals surface area contributed by atoms with E-state index in [0.29, 0.717) is 13.0 Å². The molecule has 0 unspecified atom stereocenters. The molecule has 29 heavy (non-hydrogen) atoms. The molecule has 2 aromatic heterocycles. The SMILES string of the molecule is CCOC(=O)CCCCCc1c(C)nn2c(CC)ccc2c1-c1ccc(F)cc1. The van der Waals surface area contributed by atoms with Crippen LogP contribution in [0.4, 0.5) is 4.39 Å². The smallest absolute Gasteiger partial charge is 0.305 e. The van der Waals surface area contributed by atoms with E-state index in [0.717, 1.165) is 60.1 Å². The van der Waals surface area contributed by atoms with Crippen LogP contribution in [0.25, 0.3) is 16.6 Å². The predicted octanol–water partition coefficient (Wildman–Crippen LogP) is 5.68. The summed E-state index contributed by atoms with van der Waals surface area (Å²) in [5, 5.41) is 4.83. The van der Waals surface area contributed by atoms with Crippen LogP contribution in [0.2, 0.25) is 0 Å². The monoisotopic (exact) mass is 396 g/mol. The maximum absolute atomic E-state index is 13.5. The number of hydrogen-bond donors (Lipinski definition) is 0. The molecule has 3 rings (SSSR count). The Morgan fingerprint density at radius 1 is 1.07 bits per heavy atom. The van der Waals surface area contributed by atoms with E-state index in [1.807, 2.05) is 30.5 Å². The number of esters is 1. The number of ether oxygens (including phenoxy) is 1. The fourth-order valence-electron chi connectivity index (χ4n) is 3.82. The lowest BCUT2D eigenvalue weighted by Crippen LogP contribution is -2.06. The van der Waals surface area contributed by atoms with Crippen molar-refractivity contribution in [3.8, 4) is 11.1 Å². The first-order chi connectivity index (χ1) is 14.0. The summed E-state index contributed by atoms with van der Waals surface area (Å²) in [4.78, 5) is 11.5. The minimum atomic E-state index is -0.235. The molecular formula is C24H29FN2O2. The number of aryl methyl sites for hydroxylation is 2. The number of carbonyl (C=O) groups excluding carboxylic acids is 1. The van der Waals surface area contributed by atoms with Gasteiger partial charge in [-0.1, -0.05) is 25.5 Å². The largest absolute Gasteiger partial charge is 0.466 e. The van der Waals surface area contributed by atoms with Gasteiger partial charge in [-0.2, -0.15) is 5.10 Å². The van der Waals surface area contributed by atoms with Crippen molar-refractivity contribution in [3.63, 3.8) is 0 Å². The molecule has 0 fully saturated rings. The maximum atomic E-state index is 13.5. The Morgan fingerprint density at radius 2 is 1.83 bits per heavy atom. The molecule has 0 saturated carbocycles. The van der Waals surface area contributed by atoms with Crippen molar-refractivity contribution in [2.75, 3.05) is 6.61 Å². The highest BCUT2D eigenvalue weighted by molar-refractivity contribution is 5.84. The van der Waals surface area contributed by atoms with Gasteiger partial charge in [-0.15, -0.1) is 0 Å². The van der Waals surface area contributed by atoms with Gasteiger partial charge in [-0.3, -0.25) is 4.79 Å². The quantitative estimate of drug-likeness (QED) is 0.345. The highest BCUT2D eigenvalue weighted by Crippen LogP contribution is 2.32. The molecular weight excluding hydrogens is 367 g/mol. The van der Waals surface area contributed by atoms with E-state index < -0.39 is 0 Å². The summed E-state index contributed by atoms with van der Waals surface area (Å²) >= 11 is 0. The Labute approximate surface area is 171 Å². The molecule has 1 aromatic carbocycles. The lowest BCUT2D eigenvalue weighted by atomic mass is 9.94. The van der Waals surface area contributed by atoms with Gasteiger partial charge in [0.05, 0.1) is 17.8 Å². The van der Waals surface area contributed by atoms with Crippen molar-refractivity contribution >= 4 is 11.5 Å². The third-order valence-corrected chi connectivity index (χ3v) is 5.29. The fraction of sp³-hybridized carbons (Fsp3) is 0.417. The van der Waals surface area contributed by atoms with Crippen LogP contribution in [0.3, 0.4) is 0 Å². The number of fused-ring (bicyclic) bond motifs is 1. The average Bonchev–Trinajstić information content (AvgIpc) is 3.11. The summed E-state index contributed by atoms with van der Waals surface area (Å²) in [5.74, 6) is -0.361. The number of carbonyl (C=O) groups is 1. The van der Waals surface area contributed by atoms with Crippen molar-refractivity contribution in [1.82, 2.24) is 9.61 Å². The second-order valence-corrected chi connectivity index (χ2v) is 7.29. The van der Waals surface area contributed by atoms with Gasteiger partial charge in [0.15, 0.2) is 0 Å². The average molecular weight is 397 g/mol. The molecule has 0 bridgehead atoms. The maximum Gasteiger partial charge on any atom is 0.305 e. The summed E-state index contributed by atoms with van der Waals surface area (Å²) in [6.45, 7) is 6.42. The molecule has 0 aliphatic heterocycles. The normalized spacial score (nSPS) is 11.2. The van der Waals surface area contributed by atoms with Gasteiger partial charge < -0.3 is 4.74 Å². The second-order valence-electron chi connectivity index (χ2n) is 7.29. The molecule has 5 heteroatoms. The minimum Gasteiger partial charge on any atom is -0.466 e. The van der Waals surface area contributed by atoms with E-state index in [9.17, 15) is 9.18 Å². The Balaban J connectivity index is 1.87. The van der Waals surface area contributed by atoms with Gasteiger partial charge in [-0.25, -0.2) is 8.91 Å². The second kappa shape index (κ2) is 9.68. The molecule has 0 N–H and O–H groups in total. The molecule has 0 saturated heterocycles. The minimum absolute atomic E-state index is 0.126. The summed E-state index contributed by atoms with van der Waals surface area (Å²) < 4.78 is 20.5. The lowest BCUT2D eigenvalue weighted by Gasteiger charge is -2.16. The third kappa shape index (κ3) is 4.84. The van der Waals surface area contributed by atoms with Crippen LogP contribution in [0.15, 0.2) is 36.4 Å². The lowest BCUT2D eigenvalue weighted by molar-refractivity contribution is -0.143. The Bertz CT molecular complexity index is 977. The van der Waals surface area contributed by atoms with E-state index in [-0.39, 0.29) is 11.8 Å². The van der Waals surface area contributed by atoms with Gasteiger partial charge in [0.1, 0.15) is 5.82 Å². The molecule has 0 amide bonds. The van der Waals surface area contributed by atoms with Crippen LogP contribution in [0.5, 0.6) is 0 Å². The number of halogens is 1. The van der Waals surface area contributed by atoms with Crippen molar-refractivity contribution in [1.29, 1.82) is 0 Å². The molecule has 0 spiro atoms. The van der Waals surface area contributed by atoms with Crippen molar-refractivity contribution < 1.29 is 13.9 Å². The first-order valence-electron chi connectivity index (χ1n) is 10.5. The highest BCUT2D eigenvalue weighted by atomic mass is 19.1. The van der Waals surface area contributed by atoms with Gasteiger partial charge in [0, 0.05) is 17.7 Å². The standard InChI is InChI=1S/C24H29FN2O2/c1-4-20-15-16-22-24(18-11-13-19(25)14-12-18)21(17(3)26-27(20)22)9-7-6-8-10-23(28)29-5-2/h11-16H,4-10H2,1-3H3. The molecule has 154 valence electrons. The molecule has 3 aromatic rings.